The zero-order valence-electron chi connectivity index (χ0n) is 10.7. The summed E-state index contributed by atoms with van der Waals surface area (Å²) in [6.45, 7) is 1.84. The van der Waals surface area contributed by atoms with E-state index in [2.05, 4.69) is 14.9 Å². The second-order valence-corrected chi connectivity index (χ2v) is 5.91. The molecule has 2 aromatic rings. The van der Waals surface area contributed by atoms with E-state index in [1.54, 1.807) is 23.1 Å². The molecular formula is C12H14N2O3S2. The van der Waals surface area contributed by atoms with Crippen molar-refractivity contribution in [2.45, 2.75) is 12.7 Å². The molecule has 2 aromatic heterocycles. The molecule has 2 heterocycles. The first kappa shape index (κ1) is 14.1. The Balaban J connectivity index is 1.83. The van der Waals surface area contributed by atoms with Crippen molar-refractivity contribution in [2.75, 3.05) is 12.9 Å². The summed E-state index contributed by atoms with van der Waals surface area (Å²) < 4.78 is 9.85. The molecule has 0 spiro atoms. The van der Waals surface area contributed by atoms with Gasteiger partial charge in [-0.2, -0.15) is 16.7 Å². The van der Waals surface area contributed by atoms with Gasteiger partial charge in [0.2, 0.25) is 0 Å². The van der Waals surface area contributed by atoms with Crippen LogP contribution in [0.3, 0.4) is 0 Å². The molecule has 102 valence electrons. The number of rotatable bonds is 6. The molecule has 7 heteroatoms. The van der Waals surface area contributed by atoms with Crippen LogP contribution in [0, 0.1) is 5.92 Å². The van der Waals surface area contributed by atoms with Gasteiger partial charge in [-0.15, -0.1) is 11.3 Å². The zero-order chi connectivity index (χ0) is 13.7. The summed E-state index contributed by atoms with van der Waals surface area (Å²) in [4.78, 5) is 16.5. The monoisotopic (exact) mass is 298 g/mol. The summed E-state index contributed by atoms with van der Waals surface area (Å²) in [6, 6.07) is 3.88. The fourth-order valence-electron chi connectivity index (χ4n) is 1.41. The van der Waals surface area contributed by atoms with Crippen molar-refractivity contribution >= 4 is 29.1 Å². The van der Waals surface area contributed by atoms with E-state index in [0.29, 0.717) is 23.2 Å². The topological polar surface area (TPSA) is 65.2 Å². The van der Waals surface area contributed by atoms with Gasteiger partial charge in [-0.05, 0) is 11.4 Å². The van der Waals surface area contributed by atoms with E-state index < -0.39 is 0 Å². The van der Waals surface area contributed by atoms with Crippen molar-refractivity contribution in [2.24, 2.45) is 5.92 Å². The van der Waals surface area contributed by atoms with Gasteiger partial charge in [0.05, 0.1) is 23.7 Å². The third kappa shape index (κ3) is 3.81. The highest BCUT2D eigenvalue weighted by molar-refractivity contribution is 7.98. The van der Waals surface area contributed by atoms with E-state index in [0.717, 1.165) is 4.88 Å². The van der Waals surface area contributed by atoms with Gasteiger partial charge < -0.3 is 9.26 Å². The molecule has 0 aliphatic rings. The predicted molar refractivity (Wildman–Crippen MR) is 75.0 cm³/mol. The predicted octanol–water partition coefficient (Wildman–Crippen LogP) is 2.84. The highest BCUT2D eigenvalue weighted by atomic mass is 32.2. The van der Waals surface area contributed by atoms with Gasteiger partial charge in [0.25, 0.3) is 5.89 Å². The number of aromatic nitrogens is 2. The maximum Gasteiger partial charge on any atom is 0.309 e. The Labute approximate surface area is 119 Å². The molecule has 1 unspecified atom stereocenters. The first-order valence-corrected chi connectivity index (χ1v) is 7.76. The average Bonchev–Trinajstić information content (AvgIpc) is 3.07. The van der Waals surface area contributed by atoms with Gasteiger partial charge in [-0.1, -0.05) is 18.1 Å². The Hall–Kier alpha value is -1.34. The van der Waals surface area contributed by atoms with Gasteiger partial charge in [-0.3, -0.25) is 4.79 Å². The number of esters is 1. The second-order valence-electron chi connectivity index (χ2n) is 3.93. The molecule has 0 N–H and O–H groups in total. The van der Waals surface area contributed by atoms with E-state index in [1.165, 1.54) is 7.11 Å². The molecule has 0 saturated heterocycles. The Kier molecular flexibility index (Phi) is 4.98. The minimum atomic E-state index is -0.195. The van der Waals surface area contributed by atoms with Crippen molar-refractivity contribution in [3.8, 4) is 10.8 Å². The number of thioether (sulfide) groups is 1. The highest BCUT2D eigenvalue weighted by Gasteiger charge is 2.14. The van der Waals surface area contributed by atoms with Gasteiger partial charge in [0.1, 0.15) is 0 Å². The minimum Gasteiger partial charge on any atom is -0.469 e. The van der Waals surface area contributed by atoms with Crippen LogP contribution >= 0.6 is 23.1 Å². The third-order valence-corrected chi connectivity index (χ3v) is 4.46. The molecule has 0 saturated carbocycles. The van der Waals surface area contributed by atoms with Crippen LogP contribution in [-0.2, 0) is 15.3 Å². The smallest absolute Gasteiger partial charge is 0.309 e. The van der Waals surface area contributed by atoms with Crippen molar-refractivity contribution in [3.05, 3.63) is 23.3 Å². The van der Waals surface area contributed by atoms with Gasteiger partial charge in [0.15, 0.2) is 5.82 Å². The van der Waals surface area contributed by atoms with Crippen LogP contribution in [-0.4, -0.2) is 29.0 Å². The summed E-state index contributed by atoms with van der Waals surface area (Å²) in [7, 11) is 1.40. The van der Waals surface area contributed by atoms with Crippen LogP contribution in [0.1, 0.15) is 12.7 Å². The lowest BCUT2D eigenvalue weighted by Crippen LogP contribution is -2.14. The molecule has 0 fully saturated rings. The molecule has 2 rings (SSSR count). The van der Waals surface area contributed by atoms with Gasteiger partial charge in [0, 0.05) is 5.75 Å². The summed E-state index contributed by atoms with van der Waals surface area (Å²) in [5, 5.41) is 5.88. The Bertz CT molecular complexity index is 525. The quantitative estimate of drug-likeness (QED) is 0.764. The summed E-state index contributed by atoms with van der Waals surface area (Å²) >= 11 is 3.15. The number of methoxy groups -OCH3 is 1. The lowest BCUT2D eigenvalue weighted by atomic mass is 10.2. The van der Waals surface area contributed by atoms with E-state index in [1.807, 2.05) is 24.4 Å². The van der Waals surface area contributed by atoms with Crippen LogP contribution in [0.25, 0.3) is 10.8 Å². The van der Waals surface area contributed by atoms with Gasteiger partial charge >= 0.3 is 5.97 Å². The lowest BCUT2D eigenvalue weighted by Gasteiger charge is -2.06. The normalized spacial score (nSPS) is 12.3. The summed E-state index contributed by atoms with van der Waals surface area (Å²) in [6.07, 6.45) is 0. The largest absolute Gasteiger partial charge is 0.469 e. The molecule has 0 aromatic carbocycles. The SMILES string of the molecule is COC(=O)C(C)CSCc1noc(-c2cccs2)n1. The Morgan fingerprint density at radius 1 is 1.63 bits per heavy atom. The number of nitrogens with zero attached hydrogens (tertiary/aromatic N) is 2. The maximum atomic E-state index is 11.2. The molecule has 0 amide bonds. The molecule has 0 radical (unpaired) electrons. The van der Waals surface area contributed by atoms with E-state index in [-0.39, 0.29) is 11.9 Å². The molecule has 0 aliphatic carbocycles. The fourth-order valence-corrected chi connectivity index (χ4v) is 2.96. The number of carbonyl (C=O) groups excluding carboxylic acids is 1. The van der Waals surface area contributed by atoms with E-state index >= 15 is 0 Å². The highest BCUT2D eigenvalue weighted by Crippen LogP contribution is 2.23. The number of hydrogen-bond donors (Lipinski definition) is 0. The van der Waals surface area contributed by atoms with Crippen LogP contribution in [0.4, 0.5) is 0 Å². The molecule has 19 heavy (non-hydrogen) atoms. The molecular weight excluding hydrogens is 284 g/mol. The van der Waals surface area contributed by atoms with Gasteiger partial charge in [-0.25, -0.2) is 0 Å². The van der Waals surface area contributed by atoms with E-state index in [4.69, 9.17) is 4.52 Å². The second kappa shape index (κ2) is 6.72. The number of thiophene rings is 1. The molecule has 0 bridgehead atoms. The van der Waals surface area contributed by atoms with Crippen LogP contribution < -0.4 is 0 Å². The number of carbonyl (C=O) groups is 1. The standard InChI is InChI=1S/C12H14N2O3S2/c1-8(12(15)16-2)6-18-7-10-13-11(17-14-10)9-4-3-5-19-9/h3-5,8H,6-7H2,1-2H3. The lowest BCUT2D eigenvalue weighted by molar-refractivity contribution is -0.143. The number of ether oxygens (including phenoxy) is 1. The first-order valence-electron chi connectivity index (χ1n) is 5.72. The first-order chi connectivity index (χ1) is 9.20. The summed E-state index contributed by atoms with van der Waals surface area (Å²) in [5.41, 5.74) is 0. The maximum absolute atomic E-state index is 11.2. The van der Waals surface area contributed by atoms with Crippen molar-refractivity contribution < 1.29 is 14.1 Å². The van der Waals surface area contributed by atoms with Crippen LogP contribution in [0.2, 0.25) is 0 Å². The third-order valence-electron chi connectivity index (χ3n) is 2.40. The Morgan fingerprint density at radius 2 is 2.47 bits per heavy atom. The fraction of sp³-hybridized carbons (Fsp3) is 0.417. The Morgan fingerprint density at radius 3 is 3.16 bits per heavy atom. The van der Waals surface area contributed by atoms with Crippen molar-refractivity contribution in [1.82, 2.24) is 10.1 Å². The van der Waals surface area contributed by atoms with Crippen LogP contribution in [0.5, 0.6) is 0 Å². The molecule has 0 aliphatic heterocycles. The zero-order valence-corrected chi connectivity index (χ0v) is 12.3. The van der Waals surface area contributed by atoms with Crippen molar-refractivity contribution in [1.29, 1.82) is 0 Å². The van der Waals surface area contributed by atoms with E-state index in [9.17, 15) is 4.79 Å². The summed E-state index contributed by atoms with van der Waals surface area (Å²) in [5.74, 6) is 2.17. The minimum absolute atomic E-state index is 0.126. The van der Waals surface area contributed by atoms with Crippen molar-refractivity contribution in [3.63, 3.8) is 0 Å². The molecule has 5 nitrogen and oxygen atoms in total. The molecule has 1 atom stereocenters. The average molecular weight is 298 g/mol. The van der Waals surface area contributed by atoms with Crippen LogP contribution in [0.15, 0.2) is 22.0 Å². The number of hydrogen-bond acceptors (Lipinski definition) is 7.